The zero-order valence-corrected chi connectivity index (χ0v) is 12.5. The van der Waals surface area contributed by atoms with E-state index in [1.165, 1.54) is 6.92 Å². The molecule has 5 heteroatoms. The molecule has 2 aromatic heterocycles. The normalized spacial score (nSPS) is 9.95. The molecule has 0 saturated heterocycles. The van der Waals surface area contributed by atoms with Gasteiger partial charge in [-0.15, -0.1) is 0 Å². The molecule has 21 heavy (non-hydrogen) atoms. The summed E-state index contributed by atoms with van der Waals surface area (Å²) in [4.78, 5) is 19.9. The summed E-state index contributed by atoms with van der Waals surface area (Å²) in [6, 6.07) is 15.0. The Morgan fingerprint density at radius 1 is 1.05 bits per heavy atom. The Bertz CT molecular complexity index is 790. The number of esters is 1. The van der Waals surface area contributed by atoms with Crippen molar-refractivity contribution in [2.24, 2.45) is 0 Å². The fourth-order valence-electron chi connectivity index (χ4n) is 2.03. The molecule has 1 radical (unpaired) electrons. The van der Waals surface area contributed by atoms with Crippen LogP contribution in [0.2, 0.25) is 0 Å². The summed E-state index contributed by atoms with van der Waals surface area (Å²) < 4.78 is 5.21. The molecule has 0 spiro atoms. The number of fused-ring (bicyclic) bond motifs is 1. The fraction of sp³-hybridized carbons (Fsp3) is 0.0625. The number of hydrogen-bond donors (Lipinski definition) is 0. The van der Waals surface area contributed by atoms with Crippen LogP contribution in [0.4, 0.5) is 0 Å². The smallest absolute Gasteiger partial charge is 0.308 e. The van der Waals surface area contributed by atoms with Crippen molar-refractivity contribution in [3.8, 4) is 17.0 Å². The first-order chi connectivity index (χ1) is 9.74. The van der Waals surface area contributed by atoms with Gasteiger partial charge in [-0.3, -0.25) is 4.79 Å². The standard InChI is InChI=1S/C16H12N2O2.Mn/c1-11(19)20-15-7-3-2-6-13(15)14-9-8-12-5-4-10-17-16(12)18-14;/h2-10H,1H3;. The number of carbonyl (C=O) groups is 1. The van der Waals surface area contributed by atoms with E-state index in [9.17, 15) is 4.79 Å². The van der Waals surface area contributed by atoms with E-state index in [1.807, 2.05) is 42.5 Å². The Morgan fingerprint density at radius 2 is 1.86 bits per heavy atom. The molecule has 2 heterocycles. The van der Waals surface area contributed by atoms with Crippen molar-refractivity contribution in [1.82, 2.24) is 9.97 Å². The van der Waals surface area contributed by atoms with E-state index in [4.69, 9.17) is 4.74 Å². The number of aromatic nitrogens is 2. The zero-order valence-electron chi connectivity index (χ0n) is 11.3. The van der Waals surface area contributed by atoms with E-state index in [2.05, 4.69) is 9.97 Å². The molecule has 0 fully saturated rings. The molecule has 0 saturated carbocycles. The molecule has 0 N–H and O–H groups in total. The van der Waals surface area contributed by atoms with Crippen LogP contribution < -0.4 is 4.74 Å². The Labute approximate surface area is 132 Å². The number of rotatable bonds is 2. The van der Waals surface area contributed by atoms with Gasteiger partial charge in [-0.05, 0) is 36.4 Å². The van der Waals surface area contributed by atoms with Crippen molar-refractivity contribution in [2.45, 2.75) is 6.92 Å². The summed E-state index contributed by atoms with van der Waals surface area (Å²) in [6.07, 6.45) is 1.71. The van der Waals surface area contributed by atoms with Gasteiger partial charge in [-0.2, -0.15) is 0 Å². The second kappa shape index (κ2) is 6.48. The van der Waals surface area contributed by atoms with Crippen molar-refractivity contribution < 1.29 is 26.6 Å². The van der Waals surface area contributed by atoms with Crippen LogP contribution in [-0.2, 0) is 21.9 Å². The number of pyridine rings is 2. The van der Waals surface area contributed by atoms with Crippen LogP contribution in [0.3, 0.4) is 0 Å². The predicted molar refractivity (Wildman–Crippen MR) is 76.3 cm³/mol. The van der Waals surface area contributed by atoms with Gasteiger partial charge in [0.2, 0.25) is 0 Å². The Kier molecular flexibility index (Phi) is 4.68. The van der Waals surface area contributed by atoms with E-state index >= 15 is 0 Å². The number of nitrogens with zero attached hydrogens (tertiary/aromatic N) is 2. The first kappa shape index (κ1) is 15.2. The van der Waals surface area contributed by atoms with Gasteiger partial charge in [0.1, 0.15) is 5.75 Å². The van der Waals surface area contributed by atoms with Gasteiger partial charge >= 0.3 is 5.97 Å². The van der Waals surface area contributed by atoms with Crippen molar-refractivity contribution in [1.29, 1.82) is 0 Å². The average Bonchev–Trinajstić information content (AvgIpc) is 2.47. The monoisotopic (exact) mass is 319 g/mol. The van der Waals surface area contributed by atoms with Crippen molar-refractivity contribution in [2.75, 3.05) is 0 Å². The van der Waals surface area contributed by atoms with E-state index < -0.39 is 0 Å². The first-order valence-corrected chi connectivity index (χ1v) is 6.23. The number of ether oxygens (including phenoxy) is 1. The molecule has 0 aliphatic carbocycles. The summed E-state index contributed by atoms with van der Waals surface area (Å²) >= 11 is 0. The summed E-state index contributed by atoms with van der Waals surface area (Å²) in [5.74, 6) is 0.152. The van der Waals surface area contributed by atoms with Gasteiger partial charge in [0.05, 0.1) is 5.69 Å². The van der Waals surface area contributed by atoms with Crippen LogP contribution in [0.15, 0.2) is 54.7 Å². The maximum Gasteiger partial charge on any atom is 0.308 e. The van der Waals surface area contributed by atoms with Crippen LogP contribution >= 0.6 is 0 Å². The second-order valence-corrected chi connectivity index (χ2v) is 4.34. The molecule has 0 amide bonds. The minimum atomic E-state index is -0.351. The molecule has 3 rings (SSSR count). The third-order valence-electron chi connectivity index (χ3n) is 2.88. The SMILES string of the molecule is CC(=O)Oc1ccccc1-c1ccc2cccnc2n1.[Mn]. The Balaban J connectivity index is 0.00000161. The summed E-state index contributed by atoms with van der Waals surface area (Å²) in [7, 11) is 0. The molecular weight excluding hydrogens is 307 g/mol. The van der Waals surface area contributed by atoms with E-state index in [0.29, 0.717) is 11.4 Å². The topological polar surface area (TPSA) is 52.1 Å². The maximum absolute atomic E-state index is 11.2. The zero-order chi connectivity index (χ0) is 13.9. The van der Waals surface area contributed by atoms with Gasteiger partial charge in [0.15, 0.2) is 5.65 Å². The summed E-state index contributed by atoms with van der Waals surface area (Å²) in [5, 5.41) is 0.973. The van der Waals surface area contributed by atoms with E-state index in [0.717, 1.165) is 16.6 Å². The van der Waals surface area contributed by atoms with Crippen LogP contribution in [0, 0.1) is 0 Å². The quantitative estimate of drug-likeness (QED) is 0.413. The van der Waals surface area contributed by atoms with Crippen LogP contribution in [0.25, 0.3) is 22.3 Å². The van der Waals surface area contributed by atoms with Crippen LogP contribution in [0.5, 0.6) is 5.75 Å². The van der Waals surface area contributed by atoms with E-state index in [1.54, 1.807) is 12.3 Å². The van der Waals surface area contributed by atoms with Crippen molar-refractivity contribution in [3.05, 3.63) is 54.7 Å². The molecule has 0 unspecified atom stereocenters. The Morgan fingerprint density at radius 3 is 2.67 bits per heavy atom. The van der Waals surface area contributed by atoms with Crippen molar-refractivity contribution >= 4 is 17.0 Å². The molecule has 0 aliphatic heterocycles. The molecule has 105 valence electrons. The van der Waals surface area contributed by atoms with E-state index in [-0.39, 0.29) is 23.0 Å². The number of carbonyl (C=O) groups excluding carboxylic acids is 1. The van der Waals surface area contributed by atoms with Crippen LogP contribution in [0.1, 0.15) is 6.92 Å². The predicted octanol–water partition coefficient (Wildman–Crippen LogP) is 3.22. The minimum absolute atomic E-state index is 0. The van der Waals surface area contributed by atoms with Crippen LogP contribution in [-0.4, -0.2) is 15.9 Å². The third-order valence-corrected chi connectivity index (χ3v) is 2.88. The molecule has 4 nitrogen and oxygen atoms in total. The second-order valence-electron chi connectivity index (χ2n) is 4.34. The maximum atomic E-state index is 11.2. The summed E-state index contributed by atoms with van der Waals surface area (Å²) in [5.41, 5.74) is 2.17. The molecule has 3 aromatic rings. The fourth-order valence-corrected chi connectivity index (χ4v) is 2.03. The first-order valence-electron chi connectivity index (χ1n) is 6.23. The molecule has 0 aliphatic rings. The number of para-hydroxylation sites is 1. The molecule has 0 bridgehead atoms. The average molecular weight is 319 g/mol. The number of hydrogen-bond acceptors (Lipinski definition) is 4. The largest absolute Gasteiger partial charge is 0.426 e. The molecule has 0 atom stereocenters. The molecular formula is C16H12MnN2O2. The van der Waals surface area contributed by atoms with Gasteiger partial charge in [0.25, 0.3) is 0 Å². The number of benzene rings is 1. The Hall–Kier alpha value is -2.23. The van der Waals surface area contributed by atoms with Gasteiger partial charge in [-0.1, -0.05) is 12.1 Å². The van der Waals surface area contributed by atoms with Crippen molar-refractivity contribution in [3.63, 3.8) is 0 Å². The molecule has 1 aromatic carbocycles. The van der Waals surface area contributed by atoms with Gasteiger partial charge in [-0.25, -0.2) is 9.97 Å². The third kappa shape index (κ3) is 3.27. The van der Waals surface area contributed by atoms with Gasteiger partial charge < -0.3 is 4.74 Å². The summed E-state index contributed by atoms with van der Waals surface area (Å²) in [6.45, 7) is 1.38. The minimum Gasteiger partial charge on any atom is -0.426 e. The van der Waals surface area contributed by atoms with Gasteiger partial charge in [0, 0.05) is 41.1 Å².